The van der Waals surface area contributed by atoms with E-state index < -0.39 is 0 Å². The molecule has 22 heavy (non-hydrogen) atoms. The topological polar surface area (TPSA) is 51.2 Å². The smallest absolute Gasteiger partial charge is 0.257 e. The second-order valence-corrected chi connectivity index (χ2v) is 5.93. The summed E-state index contributed by atoms with van der Waals surface area (Å²) in [5.74, 6) is -0.0298. The van der Waals surface area contributed by atoms with Crippen LogP contribution in [0.4, 0.5) is 5.69 Å². The van der Waals surface area contributed by atoms with Crippen molar-refractivity contribution in [3.05, 3.63) is 51.6 Å². The highest BCUT2D eigenvalue weighted by atomic mass is 35.5. The number of halogens is 2. The molecular formula is C16H16Cl2N2O2. The van der Waals surface area contributed by atoms with Gasteiger partial charge in [0, 0.05) is 6.20 Å². The standard InChI is InChI=1S/C16H16Cl2N2O2/c1-9(2)22-16-13(18)7-11(8-19-16)15(21)20-14-5-4-10(3)6-12(14)17/h4-9H,1-3H3,(H,20,21). The molecule has 0 unspecified atom stereocenters. The van der Waals surface area contributed by atoms with Gasteiger partial charge in [-0.05, 0) is 44.5 Å². The summed E-state index contributed by atoms with van der Waals surface area (Å²) in [6, 6.07) is 6.92. The van der Waals surface area contributed by atoms with Gasteiger partial charge in [-0.1, -0.05) is 29.3 Å². The third kappa shape index (κ3) is 4.12. The van der Waals surface area contributed by atoms with Crippen LogP contribution in [0, 0.1) is 6.92 Å². The van der Waals surface area contributed by atoms with Crippen LogP contribution >= 0.6 is 23.2 Å². The van der Waals surface area contributed by atoms with E-state index in [2.05, 4.69) is 10.3 Å². The average Bonchev–Trinajstić information content (AvgIpc) is 2.43. The Bertz CT molecular complexity index is 703. The number of pyridine rings is 1. The molecule has 0 saturated heterocycles. The minimum atomic E-state index is -0.337. The number of ether oxygens (including phenoxy) is 1. The van der Waals surface area contributed by atoms with Gasteiger partial charge in [0.05, 0.1) is 22.4 Å². The average molecular weight is 339 g/mol. The number of nitrogens with one attached hydrogen (secondary N) is 1. The molecule has 1 aromatic heterocycles. The second-order valence-electron chi connectivity index (χ2n) is 5.11. The Balaban J connectivity index is 2.17. The Morgan fingerprint density at radius 1 is 1.23 bits per heavy atom. The fraction of sp³-hybridized carbons (Fsp3) is 0.250. The number of benzene rings is 1. The Labute approximate surface area is 139 Å². The maximum atomic E-state index is 12.2. The number of carbonyl (C=O) groups excluding carboxylic acids is 1. The van der Waals surface area contributed by atoms with Crippen molar-refractivity contribution < 1.29 is 9.53 Å². The highest BCUT2D eigenvalue weighted by molar-refractivity contribution is 6.34. The van der Waals surface area contributed by atoms with E-state index in [1.807, 2.05) is 26.8 Å². The second kappa shape index (κ2) is 6.99. The van der Waals surface area contributed by atoms with Crippen molar-refractivity contribution in [2.45, 2.75) is 26.9 Å². The molecule has 1 amide bonds. The molecule has 1 aromatic carbocycles. The van der Waals surface area contributed by atoms with Crippen LogP contribution in [-0.4, -0.2) is 17.0 Å². The number of hydrogen-bond donors (Lipinski definition) is 1. The van der Waals surface area contributed by atoms with Gasteiger partial charge in [-0.25, -0.2) is 4.98 Å². The molecule has 0 radical (unpaired) electrons. The van der Waals surface area contributed by atoms with Crippen molar-refractivity contribution in [3.8, 4) is 5.88 Å². The number of aryl methyl sites for hydroxylation is 1. The van der Waals surface area contributed by atoms with E-state index in [1.165, 1.54) is 12.3 Å². The number of hydrogen-bond acceptors (Lipinski definition) is 3. The first-order chi connectivity index (χ1) is 10.4. The number of rotatable bonds is 4. The van der Waals surface area contributed by atoms with Gasteiger partial charge in [-0.2, -0.15) is 0 Å². The molecule has 0 atom stereocenters. The van der Waals surface area contributed by atoms with E-state index in [4.69, 9.17) is 27.9 Å². The number of amides is 1. The van der Waals surface area contributed by atoms with E-state index in [0.717, 1.165) is 5.56 Å². The quantitative estimate of drug-likeness (QED) is 0.876. The summed E-state index contributed by atoms with van der Waals surface area (Å²) >= 11 is 12.2. The third-order valence-electron chi connectivity index (χ3n) is 2.79. The number of aromatic nitrogens is 1. The minimum absolute atomic E-state index is 0.0453. The predicted octanol–water partition coefficient (Wildman–Crippen LogP) is 4.74. The van der Waals surface area contributed by atoms with Gasteiger partial charge >= 0.3 is 0 Å². The van der Waals surface area contributed by atoms with Crippen LogP contribution in [0.2, 0.25) is 10.0 Å². The van der Waals surface area contributed by atoms with Crippen LogP contribution in [0.5, 0.6) is 5.88 Å². The largest absolute Gasteiger partial charge is 0.474 e. The van der Waals surface area contributed by atoms with Gasteiger partial charge in [0.25, 0.3) is 5.91 Å². The summed E-state index contributed by atoms with van der Waals surface area (Å²) < 4.78 is 5.43. The summed E-state index contributed by atoms with van der Waals surface area (Å²) in [5, 5.41) is 3.50. The first-order valence-electron chi connectivity index (χ1n) is 6.76. The van der Waals surface area contributed by atoms with Crippen LogP contribution in [0.3, 0.4) is 0 Å². The summed E-state index contributed by atoms with van der Waals surface area (Å²) in [4.78, 5) is 16.3. The van der Waals surface area contributed by atoms with Gasteiger partial charge in [0.2, 0.25) is 5.88 Å². The number of nitrogens with zero attached hydrogens (tertiary/aromatic N) is 1. The zero-order chi connectivity index (χ0) is 16.3. The summed E-state index contributed by atoms with van der Waals surface area (Å²) in [6.45, 7) is 5.67. The zero-order valence-corrected chi connectivity index (χ0v) is 14.0. The zero-order valence-electron chi connectivity index (χ0n) is 12.5. The lowest BCUT2D eigenvalue weighted by atomic mass is 10.2. The van der Waals surface area contributed by atoms with E-state index in [-0.39, 0.29) is 17.0 Å². The SMILES string of the molecule is Cc1ccc(NC(=O)c2cnc(OC(C)C)c(Cl)c2)c(Cl)c1. The van der Waals surface area contributed by atoms with Gasteiger partial charge in [-0.15, -0.1) is 0 Å². The van der Waals surface area contributed by atoms with Crippen molar-refractivity contribution in [3.63, 3.8) is 0 Å². The molecule has 0 bridgehead atoms. The molecule has 0 aliphatic rings. The molecule has 1 heterocycles. The summed E-state index contributed by atoms with van der Waals surface area (Å²) in [5.41, 5.74) is 1.89. The van der Waals surface area contributed by atoms with Crippen LogP contribution < -0.4 is 10.1 Å². The Hall–Kier alpha value is -1.78. The molecule has 2 aromatic rings. The van der Waals surface area contributed by atoms with Gasteiger partial charge in [0.1, 0.15) is 5.02 Å². The first-order valence-corrected chi connectivity index (χ1v) is 7.52. The lowest BCUT2D eigenvalue weighted by molar-refractivity contribution is 0.102. The van der Waals surface area contributed by atoms with Crippen LogP contribution in [0.25, 0.3) is 0 Å². The maximum absolute atomic E-state index is 12.2. The van der Waals surface area contributed by atoms with Crippen LogP contribution in [0.15, 0.2) is 30.5 Å². The summed E-state index contributed by atoms with van der Waals surface area (Å²) in [6.07, 6.45) is 1.37. The lowest BCUT2D eigenvalue weighted by Gasteiger charge is -2.11. The fourth-order valence-corrected chi connectivity index (χ4v) is 2.27. The lowest BCUT2D eigenvalue weighted by Crippen LogP contribution is -2.13. The van der Waals surface area contributed by atoms with Gasteiger partial charge in [-0.3, -0.25) is 4.79 Å². The van der Waals surface area contributed by atoms with Crippen molar-refractivity contribution in [1.82, 2.24) is 4.98 Å². The number of anilines is 1. The highest BCUT2D eigenvalue weighted by Gasteiger charge is 2.13. The molecule has 6 heteroatoms. The molecule has 0 fully saturated rings. The van der Waals surface area contributed by atoms with Crippen molar-refractivity contribution in [2.75, 3.05) is 5.32 Å². The molecule has 4 nitrogen and oxygen atoms in total. The monoisotopic (exact) mass is 338 g/mol. The third-order valence-corrected chi connectivity index (χ3v) is 3.37. The van der Waals surface area contributed by atoms with E-state index >= 15 is 0 Å². The molecule has 0 aliphatic carbocycles. The Kier molecular flexibility index (Phi) is 5.27. The van der Waals surface area contributed by atoms with Crippen molar-refractivity contribution >= 4 is 34.8 Å². The molecule has 0 aliphatic heterocycles. The molecule has 1 N–H and O–H groups in total. The van der Waals surface area contributed by atoms with Crippen molar-refractivity contribution in [1.29, 1.82) is 0 Å². The fourth-order valence-electron chi connectivity index (χ4n) is 1.78. The van der Waals surface area contributed by atoms with E-state index in [0.29, 0.717) is 22.2 Å². The molecular weight excluding hydrogens is 323 g/mol. The van der Waals surface area contributed by atoms with Crippen LogP contribution in [-0.2, 0) is 0 Å². The van der Waals surface area contributed by atoms with Crippen molar-refractivity contribution in [2.24, 2.45) is 0 Å². The Morgan fingerprint density at radius 2 is 1.95 bits per heavy atom. The molecule has 116 valence electrons. The van der Waals surface area contributed by atoms with Gasteiger partial charge < -0.3 is 10.1 Å². The minimum Gasteiger partial charge on any atom is -0.474 e. The number of carbonyl (C=O) groups is 1. The Morgan fingerprint density at radius 3 is 2.55 bits per heavy atom. The normalized spacial score (nSPS) is 10.6. The van der Waals surface area contributed by atoms with E-state index in [9.17, 15) is 4.79 Å². The van der Waals surface area contributed by atoms with E-state index in [1.54, 1.807) is 12.1 Å². The van der Waals surface area contributed by atoms with Crippen LogP contribution in [0.1, 0.15) is 29.8 Å². The predicted molar refractivity (Wildman–Crippen MR) is 89.2 cm³/mol. The summed E-state index contributed by atoms with van der Waals surface area (Å²) in [7, 11) is 0. The molecule has 2 rings (SSSR count). The molecule has 0 spiro atoms. The maximum Gasteiger partial charge on any atom is 0.257 e. The molecule has 0 saturated carbocycles. The first kappa shape index (κ1) is 16.6. The van der Waals surface area contributed by atoms with Gasteiger partial charge in [0.15, 0.2) is 0 Å². The highest BCUT2D eigenvalue weighted by Crippen LogP contribution is 2.26.